The second-order valence-electron chi connectivity index (χ2n) is 4.72. The molecule has 102 valence electrons. The Hall–Kier alpha value is -2.63. The van der Waals surface area contributed by atoms with Crippen molar-refractivity contribution in [2.45, 2.75) is 13.0 Å². The number of hydrogen-bond donors (Lipinski definition) is 1. The van der Waals surface area contributed by atoms with Gasteiger partial charge in [-0.3, -0.25) is 14.5 Å². The number of rotatable bonds is 4. The largest absolute Gasteiger partial charge is 0.399 e. The number of aryl methyl sites for hydroxylation is 1. The molecule has 0 saturated carbocycles. The van der Waals surface area contributed by atoms with Crippen LogP contribution in [0.2, 0.25) is 0 Å². The van der Waals surface area contributed by atoms with Gasteiger partial charge in [0.05, 0.1) is 17.5 Å². The first-order chi connectivity index (χ1) is 9.66. The summed E-state index contributed by atoms with van der Waals surface area (Å²) in [6, 6.07) is 4.81. The maximum Gasteiger partial charge on any atom is 0.261 e. The Labute approximate surface area is 115 Å². The third kappa shape index (κ3) is 2.05. The SMILES string of the molecule is Nc1ccc2c(c1)C(=O)N(CCCn1ccnc1)C2=O. The van der Waals surface area contributed by atoms with Crippen LogP contribution in [-0.4, -0.2) is 32.8 Å². The number of benzene rings is 1. The quantitative estimate of drug-likeness (QED) is 0.667. The van der Waals surface area contributed by atoms with Gasteiger partial charge < -0.3 is 10.3 Å². The molecule has 2 amide bonds. The third-order valence-corrected chi connectivity index (χ3v) is 3.35. The smallest absolute Gasteiger partial charge is 0.261 e. The van der Waals surface area contributed by atoms with Crippen molar-refractivity contribution in [1.29, 1.82) is 0 Å². The van der Waals surface area contributed by atoms with Crippen molar-refractivity contribution in [2.75, 3.05) is 12.3 Å². The molecule has 1 aliphatic rings. The number of imide groups is 1. The van der Waals surface area contributed by atoms with Crippen LogP contribution in [0.1, 0.15) is 27.1 Å². The highest BCUT2D eigenvalue weighted by Gasteiger charge is 2.34. The summed E-state index contributed by atoms with van der Waals surface area (Å²) < 4.78 is 1.91. The van der Waals surface area contributed by atoms with Gasteiger partial charge in [-0.1, -0.05) is 0 Å². The van der Waals surface area contributed by atoms with Gasteiger partial charge in [-0.2, -0.15) is 0 Å². The number of fused-ring (bicyclic) bond motifs is 1. The molecular weight excluding hydrogens is 256 g/mol. The lowest BCUT2D eigenvalue weighted by atomic mass is 10.1. The zero-order valence-corrected chi connectivity index (χ0v) is 10.8. The van der Waals surface area contributed by atoms with Crippen molar-refractivity contribution in [3.63, 3.8) is 0 Å². The molecule has 1 aliphatic heterocycles. The van der Waals surface area contributed by atoms with Gasteiger partial charge >= 0.3 is 0 Å². The molecule has 6 nitrogen and oxygen atoms in total. The fourth-order valence-corrected chi connectivity index (χ4v) is 2.34. The van der Waals surface area contributed by atoms with E-state index in [4.69, 9.17) is 5.73 Å². The van der Waals surface area contributed by atoms with Gasteiger partial charge in [-0.25, -0.2) is 4.98 Å². The second-order valence-corrected chi connectivity index (χ2v) is 4.72. The van der Waals surface area contributed by atoms with Crippen LogP contribution in [0.15, 0.2) is 36.9 Å². The average molecular weight is 270 g/mol. The summed E-state index contributed by atoms with van der Waals surface area (Å²) in [6.45, 7) is 1.11. The molecule has 0 fully saturated rings. The van der Waals surface area contributed by atoms with Crippen molar-refractivity contribution in [3.05, 3.63) is 48.0 Å². The normalized spacial score (nSPS) is 13.9. The zero-order chi connectivity index (χ0) is 14.1. The summed E-state index contributed by atoms with van der Waals surface area (Å²) in [7, 11) is 0. The second kappa shape index (κ2) is 4.80. The summed E-state index contributed by atoms with van der Waals surface area (Å²) >= 11 is 0. The van der Waals surface area contributed by atoms with Crippen molar-refractivity contribution < 1.29 is 9.59 Å². The number of nitrogens with two attached hydrogens (primary N) is 1. The summed E-state index contributed by atoms with van der Waals surface area (Å²) in [5.74, 6) is -0.501. The highest BCUT2D eigenvalue weighted by Crippen LogP contribution is 2.24. The Morgan fingerprint density at radius 2 is 1.90 bits per heavy atom. The van der Waals surface area contributed by atoms with E-state index in [1.165, 1.54) is 4.90 Å². The Morgan fingerprint density at radius 1 is 1.10 bits per heavy atom. The fourth-order valence-electron chi connectivity index (χ4n) is 2.34. The number of hydrogen-bond acceptors (Lipinski definition) is 4. The molecule has 0 saturated heterocycles. The Balaban J connectivity index is 1.70. The van der Waals surface area contributed by atoms with Gasteiger partial charge in [0, 0.05) is 31.2 Å². The number of carbonyl (C=O) groups excluding carboxylic acids is 2. The first kappa shape index (κ1) is 12.4. The average Bonchev–Trinajstić information content (AvgIpc) is 3.02. The number of nitrogens with zero attached hydrogens (tertiary/aromatic N) is 3. The predicted molar refractivity (Wildman–Crippen MR) is 73.1 cm³/mol. The summed E-state index contributed by atoms with van der Waals surface area (Å²) in [5, 5.41) is 0. The molecule has 20 heavy (non-hydrogen) atoms. The van der Waals surface area contributed by atoms with E-state index in [9.17, 15) is 9.59 Å². The lowest BCUT2D eigenvalue weighted by Gasteiger charge is -2.13. The van der Waals surface area contributed by atoms with Crippen molar-refractivity contribution in [1.82, 2.24) is 14.5 Å². The van der Waals surface area contributed by atoms with Crippen molar-refractivity contribution in [3.8, 4) is 0 Å². The van der Waals surface area contributed by atoms with Gasteiger partial charge in [-0.05, 0) is 24.6 Å². The van der Waals surface area contributed by atoms with E-state index in [-0.39, 0.29) is 11.8 Å². The standard InChI is InChI=1S/C14H14N4O2/c15-10-2-3-11-12(8-10)14(20)18(13(11)19)6-1-5-17-7-4-16-9-17/h2-4,7-9H,1,5-6,15H2. The maximum absolute atomic E-state index is 12.2. The lowest BCUT2D eigenvalue weighted by molar-refractivity contribution is 0.0651. The van der Waals surface area contributed by atoms with Gasteiger partial charge in [-0.15, -0.1) is 0 Å². The predicted octanol–water partition coefficient (Wildman–Crippen LogP) is 1.15. The topological polar surface area (TPSA) is 81.2 Å². The van der Waals surface area contributed by atoms with E-state index < -0.39 is 0 Å². The van der Waals surface area contributed by atoms with Gasteiger partial charge in [0.1, 0.15) is 0 Å². The molecule has 0 atom stereocenters. The molecule has 2 aromatic rings. The molecule has 0 spiro atoms. The van der Waals surface area contributed by atoms with Crippen molar-refractivity contribution >= 4 is 17.5 Å². The van der Waals surface area contributed by atoms with E-state index in [2.05, 4.69) is 4.98 Å². The van der Waals surface area contributed by atoms with Crippen LogP contribution in [0.25, 0.3) is 0 Å². The molecule has 0 unspecified atom stereocenters. The molecule has 2 N–H and O–H groups in total. The number of carbonyl (C=O) groups is 2. The van der Waals surface area contributed by atoms with E-state index in [1.54, 1.807) is 30.7 Å². The summed E-state index contributed by atoms with van der Waals surface area (Å²) in [4.78, 5) is 29.6. The minimum Gasteiger partial charge on any atom is -0.399 e. The lowest BCUT2D eigenvalue weighted by Crippen LogP contribution is -2.31. The highest BCUT2D eigenvalue weighted by molar-refractivity contribution is 6.21. The monoisotopic (exact) mass is 270 g/mol. The van der Waals surface area contributed by atoms with E-state index in [0.717, 1.165) is 6.54 Å². The summed E-state index contributed by atoms with van der Waals surface area (Å²) in [6.07, 6.45) is 5.95. The Kier molecular flexibility index (Phi) is 2.98. The van der Waals surface area contributed by atoms with Crippen LogP contribution in [-0.2, 0) is 6.54 Å². The van der Waals surface area contributed by atoms with Gasteiger partial charge in [0.2, 0.25) is 0 Å². The molecular formula is C14H14N4O2. The maximum atomic E-state index is 12.2. The Bertz CT molecular complexity index is 664. The number of aromatic nitrogens is 2. The number of nitrogen functional groups attached to an aromatic ring is 1. The highest BCUT2D eigenvalue weighted by atomic mass is 16.2. The molecule has 3 rings (SSSR count). The molecule has 2 heterocycles. The molecule has 0 aliphatic carbocycles. The number of anilines is 1. The molecule has 0 radical (unpaired) electrons. The van der Waals surface area contributed by atoms with Crippen LogP contribution < -0.4 is 5.73 Å². The van der Waals surface area contributed by atoms with Crippen LogP contribution in [0.4, 0.5) is 5.69 Å². The minimum atomic E-state index is -0.261. The zero-order valence-electron chi connectivity index (χ0n) is 10.8. The fraction of sp³-hybridized carbons (Fsp3) is 0.214. The molecule has 1 aromatic heterocycles. The van der Waals surface area contributed by atoms with Crippen LogP contribution in [0, 0.1) is 0 Å². The first-order valence-electron chi connectivity index (χ1n) is 6.38. The third-order valence-electron chi connectivity index (χ3n) is 3.35. The minimum absolute atomic E-state index is 0.240. The van der Waals surface area contributed by atoms with Gasteiger partial charge in [0.15, 0.2) is 0 Å². The number of imidazole rings is 1. The van der Waals surface area contributed by atoms with E-state index in [0.29, 0.717) is 29.8 Å². The van der Waals surface area contributed by atoms with Gasteiger partial charge in [0.25, 0.3) is 11.8 Å². The summed E-state index contributed by atoms with van der Waals surface area (Å²) in [5.41, 5.74) is 6.98. The number of amides is 2. The Morgan fingerprint density at radius 3 is 2.65 bits per heavy atom. The van der Waals surface area contributed by atoms with Crippen LogP contribution in [0.3, 0.4) is 0 Å². The first-order valence-corrected chi connectivity index (χ1v) is 6.38. The molecule has 0 bridgehead atoms. The van der Waals surface area contributed by atoms with Crippen molar-refractivity contribution in [2.24, 2.45) is 0 Å². The van der Waals surface area contributed by atoms with Crippen LogP contribution in [0.5, 0.6) is 0 Å². The van der Waals surface area contributed by atoms with E-state index in [1.807, 2.05) is 10.8 Å². The molecule has 6 heteroatoms. The molecule has 1 aromatic carbocycles. The van der Waals surface area contributed by atoms with Crippen LogP contribution >= 0.6 is 0 Å². The van der Waals surface area contributed by atoms with E-state index >= 15 is 0 Å².